The molecule has 0 saturated heterocycles. The average Bonchev–Trinajstić information content (AvgIpc) is 2.09. The summed E-state index contributed by atoms with van der Waals surface area (Å²) in [6, 6.07) is 4.62. The van der Waals surface area contributed by atoms with Crippen molar-refractivity contribution in [2.75, 3.05) is 0 Å². The van der Waals surface area contributed by atoms with Crippen LogP contribution in [0.15, 0.2) is 17.0 Å². The van der Waals surface area contributed by atoms with Gasteiger partial charge in [-0.25, -0.2) is 0 Å². The van der Waals surface area contributed by atoms with Crippen molar-refractivity contribution in [2.24, 2.45) is 0 Å². The van der Waals surface area contributed by atoms with Crippen LogP contribution in [0.4, 0.5) is 5.69 Å². The molecule has 0 amide bonds. The number of halogens is 1. The topological polar surface area (TPSA) is 66.9 Å². The van der Waals surface area contributed by atoms with Crippen molar-refractivity contribution < 1.29 is 4.92 Å². The Morgan fingerprint density at radius 3 is 2.69 bits per heavy atom. The third-order valence-corrected chi connectivity index (χ3v) is 3.41. The third kappa shape index (κ3) is 1.92. The summed E-state index contributed by atoms with van der Waals surface area (Å²) in [4.78, 5) is 10.2. The zero-order valence-corrected chi connectivity index (χ0v) is 9.24. The molecule has 0 unspecified atom stereocenters. The van der Waals surface area contributed by atoms with Crippen LogP contribution in [0.3, 0.4) is 0 Å². The van der Waals surface area contributed by atoms with E-state index in [9.17, 15) is 10.1 Å². The maximum absolute atomic E-state index is 10.4. The summed E-state index contributed by atoms with van der Waals surface area (Å²) in [6.45, 7) is 0. The summed E-state index contributed by atoms with van der Waals surface area (Å²) in [6.07, 6.45) is 0. The Bertz CT molecular complexity index is 414. The molecule has 66 valence electrons. The normalized spacial score (nSPS) is 9.31. The molecule has 0 bridgehead atoms. The Labute approximate surface area is 93.3 Å². The third-order valence-electron chi connectivity index (χ3n) is 1.41. The molecular formula is C7H3IN2O2S. The van der Waals surface area contributed by atoms with Crippen LogP contribution in [0, 0.1) is 25.0 Å². The van der Waals surface area contributed by atoms with Crippen molar-refractivity contribution in [3.05, 3.63) is 31.4 Å². The van der Waals surface area contributed by atoms with Gasteiger partial charge >= 0.3 is 0 Å². The number of hydrogen-bond acceptors (Lipinski definition) is 4. The number of nitrogens with zero attached hydrogens (tertiary/aromatic N) is 2. The van der Waals surface area contributed by atoms with Crippen LogP contribution in [-0.2, 0) is 0 Å². The first-order chi connectivity index (χ1) is 6.07. The maximum Gasteiger partial charge on any atom is 0.283 e. The SMILES string of the molecule is N#Cc1ccc([N+](=O)[O-])c(S)c1I. The minimum Gasteiger partial charge on any atom is -0.258 e. The van der Waals surface area contributed by atoms with Crippen LogP contribution in [0.2, 0.25) is 0 Å². The molecule has 0 heterocycles. The van der Waals surface area contributed by atoms with E-state index in [-0.39, 0.29) is 10.6 Å². The molecule has 0 radical (unpaired) electrons. The lowest BCUT2D eigenvalue weighted by molar-refractivity contribution is -0.387. The van der Waals surface area contributed by atoms with Crippen molar-refractivity contribution in [1.29, 1.82) is 5.26 Å². The summed E-state index contributed by atoms with van der Waals surface area (Å²) >= 11 is 5.83. The van der Waals surface area contributed by atoms with Crippen molar-refractivity contribution in [3.63, 3.8) is 0 Å². The molecule has 0 fully saturated rings. The van der Waals surface area contributed by atoms with Crippen LogP contribution >= 0.6 is 35.2 Å². The molecule has 0 aliphatic heterocycles. The summed E-state index contributed by atoms with van der Waals surface area (Å²) < 4.78 is 0.512. The lowest BCUT2D eigenvalue weighted by atomic mass is 10.2. The Hall–Kier alpha value is -0.810. The Morgan fingerprint density at radius 1 is 1.62 bits per heavy atom. The molecule has 0 saturated carbocycles. The highest BCUT2D eigenvalue weighted by Crippen LogP contribution is 2.29. The minimum atomic E-state index is -0.522. The monoisotopic (exact) mass is 306 g/mol. The van der Waals surface area contributed by atoms with Gasteiger partial charge in [-0.3, -0.25) is 10.1 Å². The molecule has 13 heavy (non-hydrogen) atoms. The highest BCUT2D eigenvalue weighted by molar-refractivity contribution is 14.1. The second-order valence-corrected chi connectivity index (χ2v) is 3.69. The van der Waals surface area contributed by atoms with E-state index in [1.807, 2.05) is 28.7 Å². The first-order valence-electron chi connectivity index (χ1n) is 3.14. The lowest BCUT2D eigenvalue weighted by Crippen LogP contribution is -1.93. The molecule has 0 aliphatic carbocycles. The van der Waals surface area contributed by atoms with Crippen molar-refractivity contribution in [2.45, 2.75) is 4.90 Å². The number of thiol groups is 1. The fourth-order valence-corrected chi connectivity index (χ4v) is 1.64. The molecule has 0 aromatic heterocycles. The summed E-state index contributed by atoms with van der Waals surface area (Å²) in [5, 5.41) is 19.1. The standard InChI is InChI=1S/C7H3IN2O2S/c8-6-4(3-9)1-2-5(7(6)13)10(11)12/h1-2,13H. The molecular weight excluding hydrogens is 303 g/mol. The van der Waals surface area contributed by atoms with Gasteiger partial charge in [0.2, 0.25) is 0 Å². The van der Waals surface area contributed by atoms with Crippen LogP contribution < -0.4 is 0 Å². The molecule has 6 heteroatoms. The minimum absolute atomic E-state index is 0.0771. The van der Waals surface area contributed by atoms with E-state index in [1.54, 1.807) is 0 Å². The average molecular weight is 306 g/mol. The first kappa shape index (κ1) is 10.3. The lowest BCUT2D eigenvalue weighted by Gasteiger charge is -1.99. The maximum atomic E-state index is 10.4. The molecule has 1 rings (SSSR count). The van der Waals surface area contributed by atoms with Gasteiger partial charge in [-0.2, -0.15) is 5.26 Å². The van der Waals surface area contributed by atoms with E-state index >= 15 is 0 Å². The molecule has 4 nitrogen and oxygen atoms in total. The first-order valence-corrected chi connectivity index (χ1v) is 4.66. The Balaban J connectivity index is 3.42. The van der Waals surface area contributed by atoms with Crippen molar-refractivity contribution in [3.8, 4) is 6.07 Å². The molecule has 1 aromatic carbocycles. The van der Waals surface area contributed by atoms with E-state index in [2.05, 4.69) is 12.6 Å². The van der Waals surface area contributed by atoms with E-state index in [4.69, 9.17) is 5.26 Å². The predicted molar refractivity (Wildman–Crippen MR) is 57.8 cm³/mol. The van der Waals surface area contributed by atoms with Gasteiger partial charge in [0, 0.05) is 6.07 Å². The van der Waals surface area contributed by atoms with E-state index in [0.29, 0.717) is 9.13 Å². The zero-order valence-electron chi connectivity index (χ0n) is 6.19. The highest BCUT2D eigenvalue weighted by atomic mass is 127. The molecule has 1 aromatic rings. The summed E-state index contributed by atoms with van der Waals surface area (Å²) in [7, 11) is 0. The molecule has 0 atom stereocenters. The number of rotatable bonds is 1. The van der Waals surface area contributed by atoms with Gasteiger partial charge in [-0.05, 0) is 28.7 Å². The van der Waals surface area contributed by atoms with E-state index in [0.717, 1.165) is 0 Å². The Kier molecular flexibility index (Phi) is 3.11. The van der Waals surface area contributed by atoms with Gasteiger partial charge in [0.25, 0.3) is 5.69 Å². The fraction of sp³-hybridized carbons (Fsp3) is 0. The second-order valence-electron chi connectivity index (χ2n) is 2.16. The van der Waals surface area contributed by atoms with Gasteiger partial charge in [-0.1, -0.05) is 0 Å². The van der Waals surface area contributed by atoms with Gasteiger partial charge in [0.15, 0.2) is 0 Å². The smallest absolute Gasteiger partial charge is 0.258 e. The van der Waals surface area contributed by atoms with Crippen LogP contribution in [0.25, 0.3) is 0 Å². The van der Waals surface area contributed by atoms with E-state index in [1.165, 1.54) is 12.1 Å². The van der Waals surface area contributed by atoms with Gasteiger partial charge < -0.3 is 0 Å². The van der Waals surface area contributed by atoms with Crippen LogP contribution in [0.1, 0.15) is 5.56 Å². The largest absolute Gasteiger partial charge is 0.283 e. The highest BCUT2D eigenvalue weighted by Gasteiger charge is 2.15. The van der Waals surface area contributed by atoms with Gasteiger partial charge in [0.05, 0.1) is 19.0 Å². The number of nitro groups is 1. The molecule has 0 N–H and O–H groups in total. The van der Waals surface area contributed by atoms with Crippen molar-refractivity contribution >= 4 is 40.9 Å². The number of nitro benzene ring substituents is 1. The number of hydrogen-bond donors (Lipinski definition) is 1. The van der Waals surface area contributed by atoms with Gasteiger partial charge in [0.1, 0.15) is 6.07 Å². The van der Waals surface area contributed by atoms with Crippen molar-refractivity contribution in [1.82, 2.24) is 0 Å². The number of benzene rings is 1. The second kappa shape index (κ2) is 3.93. The van der Waals surface area contributed by atoms with Crippen LogP contribution in [0.5, 0.6) is 0 Å². The molecule has 0 aliphatic rings. The van der Waals surface area contributed by atoms with Gasteiger partial charge in [-0.15, -0.1) is 12.6 Å². The summed E-state index contributed by atoms with van der Waals surface area (Å²) in [5.74, 6) is 0. The molecule has 0 spiro atoms. The Morgan fingerprint density at radius 2 is 2.23 bits per heavy atom. The summed E-state index contributed by atoms with van der Waals surface area (Å²) in [5.41, 5.74) is 0.322. The van der Waals surface area contributed by atoms with Crippen LogP contribution in [-0.4, -0.2) is 4.92 Å². The number of nitriles is 1. The quantitative estimate of drug-likeness (QED) is 0.375. The zero-order chi connectivity index (χ0) is 10.0. The van der Waals surface area contributed by atoms with E-state index < -0.39 is 4.92 Å². The fourth-order valence-electron chi connectivity index (χ4n) is 0.788. The predicted octanol–water partition coefficient (Wildman–Crippen LogP) is 2.36.